The first-order valence-electron chi connectivity index (χ1n) is 6.78. The van der Waals surface area contributed by atoms with E-state index in [1.165, 1.54) is 0 Å². The Morgan fingerprint density at radius 1 is 1.32 bits per heavy atom. The van der Waals surface area contributed by atoms with Crippen LogP contribution in [0.4, 0.5) is 13.2 Å². The van der Waals surface area contributed by atoms with E-state index in [1.54, 1.807) is 0 Å². The van der Waals surface area contributed by atoms with Gasteiger partial charge in [0.15, 0.2) is 0 Å². The molecule has 0 radical (unpaired) electrons. The molecule has 2 fully saturated rings. The maximum atomic E-state index is 12.6. The van der Waals surface area contributed by atoms with Crippen molar-refractivity contribution in [2.75, 3.05) is 32.8 Å². The summed E-state index contributed by atoms with van der Waals surface area (Å²) in [6.07, 6.45) is -1.25. The average Bonchev–Trinajstić information content (AvgIpc) is 2.39. The lowest BCUT2D eigenvalue weighted by Gasteiger charge is -2.40. The first kappa shape index (κ1) is 14.8. The van der Waals surface area contributed by atoms with Gasteiger partial charge in [0.05, 0.1) is 17.9 Å². The van der Waals surface area contributed by atoms with Crippen molar-refractivity contribution in [1.29, 1.82) is 0 Å². The summed E-state index contributed by atoms with van der Waals surface area (Å²) in [4.78, 5) is 13.3. The molecule has 2 heterocycles. The van der Waals surface area contributed by atoms with Crippen LogP contribution in [0, 0.1) is 11.3 Å². The number of piperidine rings is 1. The summed E-state index contributed by atoms with van der Waals surface area (Å²) in [7, 11) is 0. The standard InChI is InChI=1S/C13H20F3NO2/c14-13(15,16)11-2-5-17(6-3-11)8-12(9-18)4-1-7-19-10-12/h9,11H,1-8,10H2. The molecule has 0 aromatic rings. The van der Waals surface area contributed by atoms with Gasteiger partial charge in [-0.25, -0.2) is 0 Å². The predicted octanol–water partition coefficient (Wildman–Crippen LogP) is 2.26. The zero-order valence-corrected chi connectivity index (χ0v) is 10.9. The molecular formula is C13H20F3NO2. The largest absolute Gasteiger partial charge is 0.391 e. The summed E-state index contributed by atoms with van der Waals surface area (Å²) in [5.41, 5.74) is -0.511. The number of carbonyl (C=O) groups is 1. The zero-order valence-electron chi connectivity index (χ0n) is 10.9. The molecule has 2 aliphatic heterocycles. The number of rotatable bonds is 3. The molecule has 0 bridgehead atoms. The van der Waals surface area contributed by atoms with Crippen molar-refractivity contribution in [2.45, 2.75) is 31.9 Å². The van der Waals surface area contributed by atoms with Gasteiger partial charge in [-0.1, -0.05) is 0 Å². The minimum Gasteiger partial charge on any atom is -0.380 e. The van der Waals surface area contributed by atoms with Gasteiger partial charge in [-0.15, -0.1) is 0 Å². The highest BCUT2D eigenvalue weighted by Crippen LogP contribution is 2.35. The van der Waals surface area contributed by atoms with Crippen molar-refractivity contribution in [2.24, 2.45) is 11.3 Å². The van der Waals surface area contributed by atoms with Crippen LogP contribution in [-0.4, -0.2) is 50.2 Å². The third-order valence-corrected chi connectivity index (χ3v) is 4.19. The summed E-state index contributed by atoms with van der Waals surface area (Å²) < 4.78 is 43.1. The maximum Gasteiger partial charge on any atom is 0.391 e. The number of alkyl halides is 3. The second kappa shape index (κ2) is 5.79. The molecule has 0 aromatic carbocycles. The third-order valence-electron chi connectivity index (χ3n) is 4.19. The lowest BCUT2D eigenvalue weighted by Crippen LogP contribution is -2.48. The quantitative estimate of drug-likeness (QED) is 0.742. The Kier molecular flexibility index (Phi) is 4.50. The normalized spacial score (nSPS) is 31.3. The topological polar surface area (TPSA) is 29.5 Å². The molecule has 1 atom stereocenters. The van der Waals surface area contributed by atoms with Gasteiger partial charge in [0.25, 0.3) is 0 Å². The van der Waals surface area contributed by atoms with Crippen molar-refractivity contribution in [3.8, 4) is 0 Å². The van der Waals surface area contributed by atoms with E-state index in [0.717, 1.165) is 19.1 Å². The van der Waals surface area contributed by atoms with Gasteiger partial charge in [-0.05, 0) is 38.8 Å². The lowest BCUT2D eigenvalue weighted by atomic mass is 9.82. The Bertz CT molecular complexity index is 306. The van der Waals surface area contributed by atoms with Gasteiger partial charge >= 0.3 is 6.18 Å². The highest BCUT2D eigenvalue weighted by atomic mass is 19.4. The number of likely N-dealkylation sites (tertiary alicyclic amines) is 1. The number of halogens is 3. The van der Waals surface area contributed by atoms with Gasteiger partial charge in [-0.2, -0.15) is 13.2 Å². The second-order valence-electron chi connectivity index (χ2n) is 5.73. The first-order chi connectivity index (χ1) is 8.95. The molecule has 0 saturated carbocycles. The Morgan fingerprint density at radius 2 is 2.00 bits per heavy atom. The number of hydrogen-bond acceptors (Lipinski definition) is 3. The van der Waals surface area contributed by atoms with E-state index in [0.29, 0.717) is 32.8 Å². The fourth-order valence-corrected chi connectivity index (χ4v) is 2.99. The summed E-state index contributed by atoms with van der Waals surface area (Å²) in [6, 6.07) is 0. The molecule has 6 heteroatoms. The highest BCUT2D eigenvalue weighted by molar-refractivity contribution is 5.60. The molecule has 0 N–H and O–H groups in total. The van der Waals surface area contributed by atoms with Crippen LogP contribution in [0.2, 0.25) is 0 Å². The molecular weight excluding hydrogens is 259 g/mol. The van der Waals surface area contributed by atoms with Crippen LogP contribution >= 0.6 is 0 Å². The van der Waals surface area contributed by atoms with E-state index in [-0.39, 0.29) is 12.8 Å². The molecule has 0 aromatic heterocycles. The van der Waals surface area contributed by atoms with Crippen LogP contribution in [0.5, 0.6) is 0 Å². The van der Waals surface area contributed by atoms with Crippen molar-refractivity contribution in [1.82, 2.24) is 4.90 Å². The second-order valence-corrected chi connectivity index (χ2v) is 5.73. The number of hydrogen-bond donors (Lipinski definition) is 0. The highest BCUT2D eigenvalue weighted by Gasteiger charge is 2.42. The molecule has 2 saturated heterocycles. The molecule has 2 aliphatic rings. The molecule has 2 rings (SSSR count). The fourth-order valence-electron chi connectivity index (χ4n) is 2.99. The molecule has 0 aliphatic carbocycles. The Balaban J connectivity index is 1.86. The van der Waals surface area contributed by atoms with E-state index >= 15 is 0 Å². The van der Waals surface area contributed by atoms with E-state index in [1.807, 2.05) is 4.90 Å². The lowest BCUT2D eigenvalue weighted by molar-refractivity contribution is -0.186. The number of aldehydes is 1. The molecule has 3 nitrogen and oxygen atoms in total. The predicted molar refractivity (Wildman–Crippen MR) is 63.8 cm³/mol. The third kappa shape index (κ3) is 3.69. The van der Waals surface area contributed by atoms with Crippen LogP contribution in [-0.2, 0) is 9.53 Å². The Hall–Kier alpha value is -0.620. The van der Waals surface area contributed by atoms with Crippen molar-refractivity contribution < 1.29 is 22.7 Å². The summed E-state index contributed by atoms with van der Waals surface area (Å²) in [5, 5.41) is 0. The maximum absolute atomic E-state index is 12.6. The van der Waals surface area contributed by atoms with Gasteiger partial charge in [0.2, 0.25) is 0 Å². The number of ether oxygens (including phenoxy) is 1. The minimum absolute atomic E-state index is 0.138. The number of nitrogens with zero attached hydrogens (tertiary/aromatic N) is 1. The average molecular weight is 279 g/mol. The van der Waals surface area contributed by atoms with Gasteiger partial charge in [-0.3, -0.25) is 0 Å². The summed E-state index contributed by atoms with van der Waals surface area (Å²) >= 11 is 0. The minimum atomic E-state index is -4.08. The van der Waals surface area contributed by atoms with E-state index in [2.05, 4.69) is 0 Å². The summed E-state index contributed by atoms with van der Waals surface area (Å²) in [6.45, 7) is 2.43. The zero-order chi connectivity index (χ0) is 13.9. The van der Waals surface area contributed by atoms with E-state index in [9.17, 15) is 18.0 Å². The van der Waals surface area contributed by atoms with Crippen LogP contribution in [0.15, 0.2) is 0 Å². The SMILES string of the molecule is O=CC1(CN2CCC(C(F)(F)F)CC2)CCCOC1. The molecule has 110 valence electrons. The molecule has 1 unspecified atom stereocenters. The van der Waals surface area contributed by atoms with Gasteiger partial charge in [0, 0.05) is 13.2 Å². The molecule has 19 heavy (non-hydrogen) atoms. The molecule has 0 spiro atoms. The van der Waals surface area contributed by atoms with Crippen LogP contribution in [0.25, 0.3) is 0 Å². The van der Waals surface area contributed by atoms with E-state index in [4.69, 9.17) is 4.74 Å². The van der Waals surface area contributed by atoms with Crippen LogP contribution in [0.3, 0.4) is 0 Å². The van der Waals surface area contributed by atoms with E-state index < -0.39 is 17.5 Å². The van der Waals surface area contributed by atoms with Crippen LogP contribution in [0.1, 0.15) is 25.7 Å². The van der Waals surface area contributed by atoms with Gasteiger partial charge < -0.3 is 14.4 Å². The van der Waals surface area contributed by atoms with Crippen molar-refractivity contribution in [3.05, 3.63) is 0 Å². The monoisotopic (exact) mass is 279 g/mol. The van der Waals surface area contributed by atoms with Crippen LogP contribution < -0.4 is 0 Å². The fraction of sp³-hybridized carbons (Fsp3) is 0.923. The van der Waals surface area contributed by atoms with Crippen molar-refractivity contribution in [3.63, 3.8) is 0 Å². The van der Waals surface area contributed by atoms with Gasteiger partial charge in [0.1, 0.15) is 6.29 Å². The first-order valence-corrected chi connectivity index (χ1v) is 6.78. The van der Waals surface area contributed by atoms with Crippen molar-refractivity contribution >= 4 is 6.29 Å². The molecule has 0 amide bonds. The Labute approximate surface area is 111 Å². The number of carbonyl (C=O) groups excluding carboxylic acids is 1. The summed E-state index contributed by atoms with van der Waals surface area (Å²) in [5.74, 6) is -1.18. The Morgan fingerprint density at radius 3 is 2.47 bits per heavy atom. The smallest absolute Gasteiger partial charge is 0.380 e.